The largest absolute Gasteiger partial charge is 0.508 e. The molecule has 3 aromatic carbocycles. The van der Waals surface area contributed by atoms with Crippen molar-refractivity contribution in [2.45, 2.75) is 26.3 Å². The Balaban J connectivity index is 0.00000172. The molecule has 2 heterocycles. The van der Waals surface area contributed by atoms with Crippen molar-refractivity contribution in [3.8, 4) is 22.6 Å². The maximum atomic E-state index is 13.1. The Bertz CT molecular complexity index is 1580. The number of methoxy groups -OCH3 is 1. The number of ether oxygens (including phenoxy) is 1. The van der Waals surface area contributed by atoms with Crippen LogP contribution in [-0.4, -0.2) is 28.4 Å². The van der Waals surface area contributed by atoms with E-state index in [0.29, 0.717) is 27.7 Å². The lowest BCUT2D eigenvalue weighted by molar-refractivity contribution is -0.116. The van der Waals surface area contributed by atoms with Crippen LogP contribution in [0.2, 0.25) is 5.02 Å². The Morgan fingerprint density at radius 1 is 1.00 bits per heavy atom. The molecule has 4 aromatic rings. The average molecular weight is 544 g/mol. The number of hydrogen-bond acceptors (Lipinski definition) is 5. The van der Waals surface area contributed by atoms with E-state index in [0.717, 1.165) is 22.3 Å². The fraction of sp³-hybridized carbons (Fsp3) is 0.194. The number of nitrogens with one attached hydrogen (secondary N) is 1. The molecule has 1 amide bonds. The molecule has 0 spiro atoms. The van der Waals surface area contributed by atoms with Crippen LogP contribution in [0.5, 0.6) is 11.5 Å². The first-order valence-electron chi connectivity index (χ1n) is 12.6. The minimum absolute atomic E-state index is 0.00323. The molecule has 0 fully saturated rings. The molecule has 0 saturated carbocycles. The monoisotopic (exact) mass is 543 g/mol. The van der Waals surface area contributed by atoms with Gasteiger partial charge in [0.2, 0.25) is 5.91 Å². The van der Waals surface area contributed by atoms with Crippen LogP contribution in [0.3, 0.4) is 0 Å². The maximum Gasteiger partial charge on any atom is 0.250 e. The van der Waals surface area contributed by atoms with E-state index in [1.165, 1.54) is 16.7 Å². The van der Waals surface area contributed by atoms with E-state index in [2.05, 4.69) is 5.32 Å². The van der Waals surface area contributed by atoms with E-state index in [-0.39, 0.29) is 23.6 Å². The van der Waals surface area contributed by atoms with Gasteiger partial charge in [0.05, 0.1) is 25.3 Å². The highest BCUT2D eigenvalue weighted by atomic mass is 35.5. The number of rotatable bonds is 5. The van der Waals surface area contributed by atoms with Crippen LogP contribution in [0.15, 0.2) is 88.8 Å². The fourth-order valence-corrected chi connectivity index (χ4v) is 4.57. The molecule has 1 atom stereocenters. The number of aromatic hydroxyl groups is 1. The predicted molar refractivity (Wildman–Crippen MR) is 156 cm³/mol. The van der Waals surface area contributed by atoms with Crippen LogP contribution < -0.4 is 15.6 Å². The third-order valence-electron chi connectivity index (χ3n) is 6.32. The summed E-state index contributed by atoms with van der Waals surface area (Å²) < 4.78 is 7.03. The number of benzene rings is 3. The number of phenolic OH excluding ortho intramolecular Hbond substituents is 1. The van der Waals surface area contributed by atoms with Crippen molar-refractivity contribution in [3.63, 3.8) is 0 Å². The van der Waals surface area contributed by atoms with Gasteiger partial charge in [-0.05, 0) is 65.7 Å². The van der Waals surface area contributed by atoms with Gasteiger partial charge in [-0.3, -0.25) is 14.6 Å². The molecule has 1 unspecified atom stereocenters. The zero-order valence-corrected chi connectivity index (χ0v) is 23.0. The summed E-state index contributed by atoms with van der Waals surface area (Å²) in [5, 5.41) is 13.0. The molecule has 0 saturated heterocycles. The number of carbonyl (C=O) groups is 1. The maximum absolute atomic E-state index is 13.1. The third kappa shape index (κ3) is 6.04. The predicted octanol–water partition coefficient (Wildman–Crippen LogP) is 6.37. The van der Waals surface area contributed by atoms with Gasteiger partial charge in [0.15, 0.2) is 0 Å². The van der Waals surface area contributed by atoms with Gasteiger partial charge in [-0.25, -0.2) is 0 Å². The van der Waals surface area contributed by atoms with E-state index in [1.807, 2.05) is 44.2 Å². The van der Waals surface area contributed by atoms with Crippen LogP contribution in [-0.2, 0) is 11.8 Å². The highest BCUT2D eigenvalue weighted by molar-refractivity contribution is 6.30. The molecule has 7 nitrogen and oxygen atoms in total. The quantitative estimate of drug-likeness (QED) is 0.286. The summed E-state index contributed by atoms with van der Waals surface area (Å²) in [4.78, 5) is 30.9. The van der Waals surface area contributed by atoms with E-state index in [1.54, 1.807) is 50.7 Å². The standard InChI is InChI=1S/C29H24ClN3O4.C2H6/c1-33-16-25-22-12-11-21(37-2)13-24(22)29(17-3-5-18(30)6-4-17)32-26(23(25)14-28(33)36)15-27(35)31-19-7-9-20(34)10-8-19;1-2/h3-14,16,26,34H,15H2,1-2H3,(H,31,35);1-2H3. The van der Waals surface area contributed by atoms with Crippen molar-refractivity contribution < 1.29 is 14.6 Å². The number of fused-ring (bicyclic) bond motifs is 3. The molecule has 0 radical (unpaired) electrons. The van der Waals surface area contributed by atoms with Gasteiger partial charge in [-0.1, -0.05) is 37.6 Å². The lowest BCUT2D eigenvalue weighted by Crippen LogP contribution is -2.20. The van der Waals surface area contributed by atoms with Crippen LogP contribution >= 0.6 is 11.6 Å². The second-order valence-corrected chi connectivity index (χ2v) is 9.24. The Morgan fingerprint density at radius 2 is 1.69 bits per heavy atom. The molecule has 200 valence electrons. The summed E-state index contributed by atoms with van der Waals surface area (Å²) in [6, 6.07) is 20.2. The number of amides is 1. The number of hydrogen-bond donors (Lipinski definition) is 2. The fourth-order valence-electron chi connectivity index (χ4n) is 4.45. The highest BCUT2D eigenvalue weighted by Gasteiger charge is 2.28. The minimum Gasteiger partial charge on any atom is -0.508 e. The van der Waals surface area contributed by atoms with E-state index in [9.17, 15) is 14.7 Å². The number of aliphatic imine (C=N–C) groups is 1. The topological polar surface area (TPSA) is 92.9 Å². The van der Waals surface area contributed by atoms with Gasteiger partial charge in [0.25, 0.3) is 5.56 Å². The smallest absolute Gasteiger partial charge is 0.250 e. The summed E-state index contributed by atoms with van der Waals surface area (Å²) in [5.74, 6) is 0.498. The van der Waals surface area contributed by atoms with E-state index < -0.39 is 6.04 Å². The van der Waals surface area contributed by atoms with E-state index >= 15 is 0 Å². The zero-order chi connectivity index (χ0) is 28.1. The van der Waals surface area contributed by atoms with Crippen LogP contribution in [0.1, 0.15) is 43.0 Å². The zero-order valence-electron chi connectivity index (χ0n) is 22.2. The first kappa shape index (κ1) is 27.7. The Hall–Kier alpha value is -4.36. The van der Waals surface area contributed by atoms with E-state index in [4.69, 9.17) is 21.3 Å². The molecule has 0 bridgehead atoms. The molecule has 2 N–H and O–H groups in total. The lowest BCUT2D eigenvalue weighted by atomic mass is 9.91. The van der Waals surface area contributed by atoms with Crippen molar-refractivity contribution in [2.75, 3.05) is 12.4 Å². The van der Waals surface area contributed by atoms with Gasteiger partial charge in [-0.2, -0.15) is 0 Å². The summed E-state index contributed by atoms with van der Waals surface area (Å²) in [6.45, 7) is 4.00. The van der Waals surface area contributed by atoms with Crippen molar-refractivity contribution >= 4 is 28.9 Å². The number of carbonyl (C=O) groups excluding carboxylic acids is 1. The Labute approximate surface area is 232 Å². The van der Waals surface area contributed by atoms with Gasteiger partial charge in [0.1, 0.15) is 11.5 Å². The Morgan fingerprint density at radius 3 is 2.36 bits per heavy atom. The number of pyridine rings is 1. The molecule has 0 aliphatic carbocycles. The number of phenols is 1. The molecule has 1 aliphatic heterocycles. The molecule has 5 rings (SSSR count). The first-order valence-corrected chi connectivity index (χ1v) is 13.0. The van der Waals surface area contributed by atoms with Crippen molar-refractivity contribution in [1.82, 2.24) is 4.57 Å². The van der Waals surface area contributed by atoms with Gasteiger partial charge in [0, 0.05) is 46.7 Å². The number of halogens is 1. The molecule has 8 heteroatoms. The van der Waals surface area contributed by atoms with Crippen LogP contribution in [0.25, 0.3) is 11.1 Å². The normalized spacial score (nSPS) is 13.6. The summed E-state index contributed by atoms with van der Waals surface area (Å²) in [5.41, 5.74) is 5.03. The number of anilines is 1. The number of nitrogens with zero attached hydrogens (tertiary/aromatic N) is 2. The first-order chi connectivity index (χ1) is 18.8. The number of aryl methyl sites for hydroxylation is 1. The summed E-state index contributed by atoms with van der Waals surface area (Å²) >= 11 is 6.16. The van der Waals surface area contributed by atoms with Gasteiger partial charge >= 0.3 is 0 Å². The van der Waals surface area contributed by atoms with Crippen molar-refractivity contribution in [1.29, 1.82) is 0 Å². The second kappa shape index (κ2) is 12.0. The van der Waals surface area contributed by atoms with Gasteiger partial charge < -0.3 is 19.7 Å². The molecular weight excluding hydrogens is 514 g/mol. The summed E-state index contributed by atoms with van der Waals surface area (Å²) in [7, 11) is 3.30. The molecule has 39 heavy (non-hydrogen) atoms. The number of aromatic nitrogens is 1. The molecular formula is C31H30ClN3O4. The van der Waals surface area contributed by atoms with Crippen molar-refractivity contribution in [3.05, 3.63) is 111 Å². The van der Waals surface area contributed by atoms with Crippen LogP contribution in [0.4, 0.5) is 5.69 Å². The third-order valence-corrected chi connectivity index (χ3v) is 6.58. The Kier molecular flexibility index (Phi) is 8.52. The minimum atomic E-state index is -0.634. The summed E-state index contributed by atoms with van der Waals surface area (Å²) in [6.07, 6.45) is 1.79. The lowest BCUT2D eigenvalue weighted by Gasteiger charge is -2.16. The molecule has 1 aromatic heterocycles. The average Bonchev–Trinajstić information content (AvgIpc) is 3.06. The van der Waals surface area contributed by atoms with Crippen molar-refractivity contribution in [2.24, 2.45) is 12.0 Å². The SMILES string of the molecule is CC.COc1ccc2c(c1)C(c1ccc(Cl)cc1)=NC(CC(=O)Nc1ccc(O)cc1)c1cc(=O)n(C)cc1-2. The molecule has 1 aliphatic rings. The van der Waals surface area contributed by atoms with Gasteiger partial charge in [-0.15, -0.1) is 0 Å². The highest BCUT2D eigenvalue weighted by Crippen LogP contribution is 2.39. The van der Waals surface area contributed by atoms with Crippen LogP contribution in [0, 0.1) is 0 Å². The second-order valence-electron chi connectivity index (χ2n) is 8.80.